The Balaban J connectivity index is 2.07. The average Bonchev–Trinajstić information content (AvgIpc) is 2.58. The minimum atomic E-state index is 0.473. The molecule has 0 saturated carbocycles. The Hall–Kier alpha value is -0.740. The maximum atomic E-state index is 5.46. The normalized spacial score (nSPS) is 20.7. The Kier molecular flexibility index (Phi) is 4.68. The van der Waals surface area contributed by atoms with Crippen molar-refractivity contribution in [3.8, 4) is 5.75 Å². The zero-order chi connectivity index (χ0) is 12.1. The first-order chi connectivity index (χ1) is 8.29. The van der Waals surface area contributed by atoms with Gasteiger partial charge in [-0.1, -0.05) is 15.9 Å². The van der Waals surface area contributed by atoms with Crippen molar-refractivity contribution in [3.05, 3.63) is 22.7 Å². The molecule has 0 aromatic heterocycles. The zero-order valence-electron chi connectivity index (χ0n) is 10.0. The molecule has 1 aliphatic heterocycles. The van der Waals surface area contributed by atoms with Crippen LogP contribution >= 0.6 is 15.9 Å². The predicted molar refractivity (Wildman–Crippen MR) is 72.8 cm³/mol. The molecule has 0 bridgehead atoms. The fourth-order valence-corrected chi connectivity index (χ4v) is 2.42. The molecule has 17 heavy (non-hydrogen) atoms. The van der Waals surface area contributed by atoms with Crippen molar-refractivity contribution in [1.82, 2.24) is 0 Å². The molecule has 1 fully saturated rings. The van der Waals surface area contributed by atoms with E-state index >= 15 is 0 Å². The standard InChI is InChI=1S/C13H18BrNO2/c1-16-13-5-4-10(14)9-12(13)15-11-3-2-7-17-8-6-11/h4-5,9,11,15H,2-3,6-8H2,1H3. The second-order valence-electron chi connectivity index (χ2n) is 4.23. The van der Waals surface area contributed by atoms with Gasteiger partial charge < -0.3 is 14.8 Å². The van der Waals surface area contributed by atoms with Gasteiger partial charge in [-0.25, -0.2) is 0 Å². The first kappa shape index (κ1) is 12.7. The van der Waals surface area contributed by atoms with E-state index in [-0.39, 0.29) is 0 Å². The smallest absolute Gasteiger partial charge is 0.142 e. The first-order valence-corrected chi connectivity index (χ1v) is 6.76. The van der Waals surface area contributed by atoms with Crippen LogP contribution in [0.4, 0.5) is 5.69 Å². The Labute approximate surface area is 111 Å². The number of benzene rings is 1. The topological polar surface area (TPSA) is 30.5 Å². The summed E-state index contributed by atoms with van der Waals surface area (Å²) < 4.78 is 11.9. The van der Waals surface area contributed by atoms with E-state index in [1.807, 2.05) is 12.1 Å². The highest BCUT2D eigenvalue weighted by atomic mass is 79.9. The quantitative estimate of drug-likeness (QED) is 0.927. The summed E-state index contributed by atoms with van der Waals surface area (Å²) in [7, 11) is 1.70. The molecule has 1 unspecified atom stereocenters. The molecule has 2 rings (SSSR count). The van der Waals surface area contributed by atoms with Gasteiger partial charge in [-0.3, -0.25) is 0 Å². The van der Waals surface area contributed by atoms with E-state index in [1.165, 1.54) is 0 Å². The summed E-state index contributed by atoms with van der Waals surface area (Å²) in [5.41, 5.74) is 1.05. The third-order valence-corrected chi connectivity index (χ3v) is 3.47. The van der Waals surface area contributed by atoms with Crippen molar-refractivity contribution < 1.29 is 9.47 Å². The van der Waals surface area contributed by atoms with E-state index in [1.54, 1.807) is 7.11 Å². The van der Waals surface area contributed by atoms with Crippen LogP contribution in [0.2, 0.25) is 0 Å². The van der Waals surface area contributed by atoms with Crippen LogP contribution < -0.4 is 10.1 Å². The molecular weight excluding hydrogens is 282 g/mol. The van der Waals surface area contributed by atoms with E-state index in [2.05, 4.69) is 27.3 Å². The summed E-state index contributed by atoms with van der Waals surface area (Å²) in [4.78, 5) is 0. The van der Waals surface area contributed by atoms with E-state index in [0.717, 1.165) is 48.4 Å². The second kappa shape index (κ2) is 6.26. The number of rotatable bonds is 3. The number of methoxy groups -OCH3 is 1. The maximum absolute atomic E-state index is 5.46. The molecule has 1 aromatic rings. The molecule has 1 saturated heterocycles. The maximum Gasteiger partial charge on any atom is 0.142 e. The van der Waals surface area contributed by atoms with E-state index in [9.17, 15) is 0 Å². The minimum absolute atomic E-state index is 0.473. The van der Waals surface area contributed by atoms with Gasteiger partial charge in [0.15, 0.2) is 0 Å². The zero-order valence-corrected chi connectivity index (χ0v) is 11.6. The van der Waals surface area contributed by atoms with Gasteiger partial charge in [0, 0.05) is 23.7 Å². The van der Waals surface area contributed by atoms with Crippen LogP contribution in [0.5, 0.6) is 5.75 Å². The van der Waals surface area contributed by atoms with Crippen molar-refractivity contribution in [3.63, 3.8) is 0 Å². The molecular formula is C13H18BrNO2. The van der Waals surface area contributed by atoms with Crippen LogP contribution in [-0.4, -0.2) is 26.4 Å². The third kappa shape index (κ3) is 3.61. The molecule has 1 heterocycles. The van der Waals surface area contributed by atoms with Crippen molar-refractivity contribution >= 4 is 21.6 Å². The SMILES string of the molecule is COc1ccc(Br)cc1NC1CCCOCC1. The van der Waals surface area contributed by atoms with Gasteiger partial charge >= 0.3 is 0 Å². The summed E-state index contributed by atoms with van der Waals surface area (Å²) in [5.74, 6) is 0.887. The van der Waals surface area contributed by atoms with Gasteiger partial charge in [0.05, 0.1) is 12.8 Å². The number of halogens is 1. The van der Waals surface area contributed by atoms with E-state index < -0.39 is 0 Å². The molecule has 1 atom stereocenters. The molecule has 1 aliphatic rings. The van der Waals surface area contributed by atoms with Crippen molar-refractivity contribution in [1.29, 1.82) is 0 Å². The third-order valence-electron chi connectivity index (χ3n) is 2.97. The lowest BCUT2D eigenvalue weighted by Crippen LogP contribution is -2.19. The number of hydrogen-bond donors (Lipinski definition) is 1. The Bertz CT molecular complexity index is 362. The van der Waals surface area contributed by atoms with Crippen molar-refractivity contribution in [2.24, 2.45) is 0 Å². The fraction of sp³-hybridized carbons (Fsp3) is 0.538. The van der Waals surface area contributed by atoms with Crippen molar-refractivity contribution in [2.75, 3.05) is 25.6 Å². The van der Waals surface area contributed by atoms with Crippen LogP contribution in [0.3, 0.4) is 0 Å². The molecule has 1 N–H and O–H groups in total. The molecule has 94 valence electrons. The number of hydrogen-bond acceptors (Lipinski definition) is 3. The minimum Gasteiger partial charge on any atom is -0.495 e. The Morgan fingerprint density at radius 3 is 3.06 bits per heavy atom. The largest absolute Gasteiger partial charge is 0.495 e. The highest BCUT2D eigenvalue weighted by Gasteiger charge is 2.14. The van der Waals surface area contributed by atoms with Gasteiger partial charge in [0.25, 0.3) is 0 Å². The van der Waals surface area contributed by atoms with Gasteiger partial charge in [-0.15, -0.1) is 0 Å². The fourth-order valence-electron chi connectivity index (χ4n) is 2.06. The molecule has 0 radical (unpaired) electrons. The molecule has 0 amide bonds. The molecule has 1 aromatic carbocycles. The molecule has 3 nitrogen and oxygen atoms in total. The monoisotopic (exact) mass is 299 g/mol. The lowest BCUT2D eigenvalue weighted by molar-refractivity contribution is 0.144. The first-order valence-electron chi connectivity index (χ1n) is 5.97. The summed E-state index contributed by atoms with van der Waals surface area (Å²) in [6.07, 6.45) is 3.32. The number of anilines is 1. The number of ether oxygens (including phenoxy) is 2. The molecule has 4 heteroatoms. The van der Waals surface area contributed by atoms with Gasteiger partial charge in [-0.05, 0) is 37.5 Å². The summed E-state index contributed by atoms with van der Waals surface area (Å²) in [6.45, 7) is 1.72. The van der Waals surface area contributed by atoms with E-state index in [0.29, 0.717) is 6.04 Å². The van der Waals surface area contributed by atoms with Gasteiger partial charge in [-0.2, -0.15) is 0 Å². The van der Waals surface area contributed by atoms with Crippen molar-refractivity contribution in [2.45, 2.75) is 25.3 Å². The number of nitrogens with one attached hydrogen (secondary N) is 1. The highest BCUT2D eigenvalue weighted by Crippen LogP contribution is 2.29. The predicted octanol–water partition coefficient (Wildman–Crippen LogP) is 3.44. The van der Waals surface area contributed by atoms with Gasteiger partial charge in [0.1, 0.15) is 5.75 Å². The second-order valence-corrected chi connectivity index (χ2v) is 5.14. The van der Waals surface area contributed by atoms with Crippen LogP contribution in [-0.2, 0) is 4.74 Å². The van der Waals surface area contributed by atoms with Crippen LogP contribution in [0.15, 0.2) is 22.7 Å². The molecule has 0 aliphatic carbocycles. The lowest BCUT2D eigenvalue weighted by Gasteiger charge is -2.19. The van der Waals surface area contributed by atoms with Crippen LogP contribution in [0, 0.1) is 0 Å². The van der Waals surface area contributed by atoms with Gasteiger partial charge in [0.2, 0.25) is 0 Å². The summed E-state index contributed by atoms with van der Waals surface area (Å²) in [5, 5.41) is 3.55. The summed E-state index contributed by atoms with van der Waals surface area (Å²) in [6, 6.07) is 6.49. The average molecular weight is 300 g/mol. The van der Waals surface area contributed by atoms with Crippen LogP contribution in [0.25, 0.3) is 0 Å². The lowest BCUT2D eigenvalue weighted by atomic mass is 10.1. The van der Waals surface area contributed by atoms with Crippen LogP contribution in [0.1, 0.15) is 19.3 Å². The van der Waals surface area contributed by atoms with E-state index in [4.69, 9.17) is 9.47 Å². The molecule has 0 spiro atoms. The Morgan fingerprint density at radius 1 is 1.35 bits per heavy atom. The highest BCUT2D eigenvalue weighted by molar-refractivity contribution is 9.10. The Morgan fingerprint density at radius 2 is 2.24 bits per heavy atom. The summed E-state index contributed by atoms with van der Waals surface area (Å²) >= 11 is 3.49.